The molecule has 0 saturated heterocycles. The fraction of sp³-hybridized carbons (Fsp3) is 0.371. The van der Waals surface area contributed by atoms with E-state index in [4.69, 9.17) is 4.74 Å². The molecule has 4 N–H and O–H groups in total. The second-order valence-corrected chi connectivity index (χ2v) is 13.9. The summed E-state index contributed by atoms with van der Waals surface area (Å²) in [6.45, 7) is 7.34. The summed E-state index contributed by atoms with van der Waals surface area (Å²) < 4.78 is 8.78. The average molecular weight is 659 g/mol. The van der Waals surface area contributed by atoms with Crippen LogP contribution in [0.15, 0.2) is 72.6 Å². The van der Waals surface area contributed by atoms with Crippen LogP contribution in [0.1, 0.15) is 57.1 Å². The van der Waals surface area contributed by atoms with Crippen molar-refractivity contribution in [1.29, 1.82) is 0 Å². The number of ether oxygens (including phenoxy) is 1. The number of rotatable bonds is 13. The zero-order chi connectivity index (χ0) is 33.5. The minimum atomic E-state index is -0.898. The van der Waals surface area contributed by atoms with Gasteiger partial charge in [0, 0.05) is 34.4 Å². The third-order valence-corrected chi connectivity index (χ3v) is 10.7. The van der Waals surface area contributed by atoms with Gasteiger partial charge in [-0.25, -0.2) is 0 Å². The Kier molecular flexibility index (Phi) is 10.9. The molecule has 0 radical (unpaired) electrons. The molecular formula is C35H40N5O6S-. The molecule has 0 bridgehead atoms. The highest BCUT2D eigenvalue weighted by Gasteiger charge is 2.39. The molecule has 47 heavy (non-hydrogen) atoms. The van der Waals surface area contributed by atoms with Crippen LogP contribution in [0, 0.1) is 17.0 Å². The Morgan fingerprint density at radius 3 is 2.32 bits per heavy atom. The molecule has 0 aliphatic heterocycles. The summed E-state index contributed by atoms with van der Waals surface area (Å²) in [6, 6.07) is 11.3. The van der Waals surface area contributed by atoms with E-state index in [1.54, 1.807) is 19.1 Å². The van der Waals surface area contributed by atoms with Crippen LogP contribution in [0.3, 0.4) is 0 Å². The molecule has 0 aromatic heterocycles. The molecule has 0 heterocycles. The van der Waals surface area contributed by atoms with Crippen molar-refractivity contribution in [3.8, 4) is 16.9 Å². The summed E-state index contributed by atoms with van der Waals surface area (Å²) in [4.78, 5) is 51.8. The van der Waals surface area contributed by atoms with Crippen molar-refractivity contribution >= 4 is 45.4 Å². The van der Waals surface area contributed by atoms with E-state index in [1.165, 1.54) is 12.3 Å². The fourth-order valence-electron chi connectivity index (χ4n) is 5.97. The Balaban J connectivity index is 1.07. The van der Waals surface area contributed by atoms with Crippen LogP contribution in [0.4, 0.5) is 0 Å². The van der Waals surface area contributed by atoms with Crippen molar-refractivity contribution in [2.75, 3.05) is 6.61 Å². The van der Waals surface area contributed by atoms with Gasteiger partial charge in [0.25, 0.3) is 5.91 Å². The zero-order valence-electron chi connectivity index (χ0n) is 26.5. The standard InChI is InChI=1S/C35H41N5O6S/c1-4-30(35(44)40-47(5-2)23-15-16-23)38-34(43)28-13-8-12-27(28)33(42)37-21(3)32(41)36-18-9-19-46-22-14-17-25-24-10-6-7-11-26(24)31(39-45)29(25)20-22/h4-7,9-11,14,17-18,20-21,23,27-28,30,45H,1,8,12-13,15-16,19H2,2-3H3,(H,36,41)(H,37,42)(H,38,43)(H,40,44)/p-1/b18-9-,39-31-/t21-,27?,28-,30?,47?/m1/s1. The van der Waals surface area contributed by atoms with Crippen LogP contribution >= 0.6 is 10.7 Å². The number of carbonyl (C=O) groups is 4. The molecule has 2 aromatic rings. The van der Waals surface area contributed by atoms with Crippen LogP contribution in [0.5, 0.6) is 5.75 Å². The summed E-state index contributed by atoms with van der Waals surface area (Å²) in [5, 5.41) is 25.3. The molecule has 2 saturated carbocycles. The van der Waals surface area contributed by atoms with Gasteiger partial charge in [0.1, 0.15) is 24.4 Å². The molecule has 5 atom stereocenters. The van der Waals surface area contributed by atoms with Crippen molar-refractivity contribution in [1.82, 2.24) is 20.7 Å². The molecule has 12 heteroatoms. The molecule has 3 unspecified atom stereocenters. The summed E-state index contributed by atoms with van der Waals surface area (Å²) in [6.07, 6.45) is 8.31. The van der Waals surface area contributed by atoms with Crippen molar-refractivity contribution < 1.29 is 23.9 Å². The predicted octanol–water partition coefficient (Wildman–Crippen LogP) is 3.89. The number of fused-ring (bicyclic) bond motifs is 3. The predicted molar refractivity (Wildman–Crippen MR) is 185 cm³/mol. The fourth-order valence-corrected chi connectivity index (χ4v) is 7.64. The van der Waals surface area contributed by atoms with Crippen LogP contribution < -0.4 is 25.4 Å². The van der Waals surface area contributed by atoms with E-state index in [2.05, 4.69) is 32.4 Å². The van der Waals surface area contributed by atoms with Crippen molar-refractivity contribution in [3.63, 3.8) is 0 Å². The lowest BCUT2D eigenvalue weighted by atomic mass is 9.93. The minimum absolute atomic E-state index is 0.150. The molecule has 3 aliphatic carbocycles. The van der Waals surface area contributed by atoms with Gasteiger partial charge >= 0.3 is 0 Å². The maximum atomic E-state index is 13.2. The molecule has 3 aliphatic rings. The molecule has 2 fully saturated rings. The van der Waals surface area contributed by atoms with Crippen LogP contribution in [-0.2, 0) is 19.2 Å². The van der Waals surface area contributed by atoms with Gasteiger partial charge < -0.3 is 35.8 Å². The molecule has 5 rings (SSSR count). The van der Waals surface area contributed by atoms with Gasteiger partial charge in [0.15, 0.2) is 0 Å². The Hall–Kier alpha value is -4.71. The summed E-state index contributed by atoms with van der Waals surface area (Å²) in [5.41, 5.74) is 3.75. The third kappa shape index (κ3) is 7.82. The van der Waals surface area contributed by atoms with E-state index in [0.29, 0.717) is 41.5 Å². The molecule has 0 spiro atoms. The number of hydrogen-bond donors (Lipinski definition) is 4. The van der Waals surface area contributed by atoms with E-state index < -0.39 is 29.8 Å². The first-order chi connectivity index (χ1) is 22.7. The summed E-state index contributed by atoms with van der Waals surface area (Å²) >= 11 is 0. The first-order valence-corrected chi connectivity index (χ1v) is 17.2. The third-order valence-electron chi connectivity index (χ3n) is 8.61. The zero-order valence-corrected chi connectivity index (χ0v) is 27.3. The highest BCUT2D eigenvalue weighted by atomic mass is 32.2. The van der Waals surface area contributed by atoms with Crippen LogP contribution in [-0.4, -0.2) is 58.6 Å². The van der Waals surface area contributed by atoms with Crippen molar-refractivity contribution in [2.24, 2.45) is 17.0 Å². The number of amides is 4. The normalized spacial score (nSPS) is 20.9. The minimum Gasteiger partial charge on any atom is -0.791 e. The van der Waals surface area contributed by atoms with Gasteiger partial charge in [-0.3, -0.25) is 19.2 Å². The lowest BCUT2D eigenvalue weighted by molar-refractivity contribution is -0.136. The van der Waals surface area contributed by atoms with E-state index in [0.717, 1.165) is 29.5 Å². The van der Waals surface area contributed by atoms with Crippen molar-refractivity contribution in [2.45, 2.75) is 63.3 Å². The van der Waals surface area contributed by atoms with Crippen molar-refractivity contribution in [3.05, 3.63) is 83.7 Å². The van der Waals surface area contributed by atoms with Crippen LogP contribution in [0.2, 0.25) is 0 Å². The topological polar surface area (TPSA) is 161 Å². The number of carbonyl (C=O) groups excluding carboxylic acids is 4. The van der Waals surface area contributed by atoms with Gasteiger partial charge in [-0.05, 0) is 80.3 Å². The largest absolute Gasteiger partial charge is 0.791 e. The maximum absolute atomic E-state index is 13.2. The van der Waals surface area contributed by atoms with Gasteiger partial charge in [-0.15, -0.1) is 6.58 Å². The maximum Gasteiger partial charge on any atom is 0.255 e. The second-order valence-electron chi connectivity index (χ2n) is 11.8. The lowest BCUT2D eigenvalue weighted by Crippen LogP contribution is -2.50. The number of benzene rings is 2. The molecule has 248 valence electrons. The monoisotopic (exact) mass is 658 g/mol. The van der Waals surface area contributed by atoms with E-state index >= 15 is 0 Å². The first-order valence-electron chi connectivity index (χ1n) is 15.8. The molecule has 4 amide bonds. The lowest BCUT2D eigenvalue weighted by Gasteiger charge is -2.23. The highest BCUT2D eigenvalue weighted by Crippen LogP contribution is 2.39. The molecular weight excluding hydrogens is 618 g/mol. The van der Waals surface area contributed by atoms with Gasteiger partial charge in [0.2, 0.25) is 17.7 Å². The van der Waals surface area contributed by atoms with E-state index in [9.17, 15) is 24.4 Å². The van der Waals surface area contributed by atoms with Gasteiger partial charge in [-0.2, -0.15) is 0 Å². The highest BCUT2D eigenvalue weighted by molar-refractivity contribution is 8.14. The first kappa shape index (κ1) is 33.6. The van der Waals surface area contributed by atoms with Gasteiger partial charge in [0.05, 0.1) is 5.71 Å². The SMILES string of the molecule is C=CC(NC(=O)[C@@H]1CCCC1C(=O)N[C@H](C)C(=O)N/C=C\COc1ccc2c(c1)/C(=N\[O-])c1ccccc1-2)C(=O)N/S(=C/C)C1CC1. The number of nitrogens with zero attached hydrogens (tertiary/aromatic N) is 1. The molecule has 2 aromatic carbocycles. The van der Waals surface area contributed by atoms with E-state index in [1.807, 2.05) is 48.7 Å². The van der Waals surface area contributed by atoms with Gasteiger partial charge in [-0.1, -0.05) is 47.4 Å². The summed E-state index contributed by atoms with van der Waals surface area (Å²) in [7, 11) is -0.339. The quantitative estimate of drug-likeness (QED) is 0.124. The van der Waals surface area contributed by atoms with E-state index in [-0.39, 0.29) is 35.0 Å². The smallest absolute Gasteiger partial charge is 0.255 e. The molecule has 11 nitrogen and oxygen atoms in total. The second kappa shape index (κ2) is 15.3. The summed E-state index contributed by atoms with van der Waals surface area (Å²) in [5.74, 6) is -2.17. The Morgan fingerprint density at radius 2 is 1.66 bits per heavy atom. The van der Waals surface area contributed by atoms with Crippen LogP contribution in [0.25, 0.3) is 11.1 Å². The Morgan fingerprint density at radius 1 is 0.979 bits per heavy atom. The number of hydrogen-bond acceptors (Lipinski definition) is 7. The number of nitrogens with one attached hydrogen (secondary N) is 4. The Labute approximate surface area is 277 Å². The Bertz CT molecular complexity index is 1650. The average Bonchev–Trinajstić information content (AvgIpc) is 3.71.